The highest BCUT2D eigenvalue weighted by Gasteiger charge is 2.17. The normalized spacial score (nSPS) is 10.1. The van der Waals surface area contributed by atoms with Gasteiger partial charge < -0.3 is 10.1 Å². The summed E-state index contributed by atoms with van der Waals surface area (Å²) < 4.78 is 19.4. The molecule has 0 bridgehead atoms. The largest absolute Gasteiger partial charge is 0.452 e. The number of nitriles is 1. The number of amides is 1. The third-order valence-electron chi connectivity index (χ3n) is 3.54. The third kappa shape index (κ3) is 4.16. The summed E-state index contributed by atoms with van der Waals surface area (Å²) in [5.74, 6) is -1.91. The summed E-state index contributed by atoms with van der Waals surface area (Å²) in [6.07, 6.45) is 1.32. The predicted molar refractivity (Wildman–Crippen MR) is 93.6 cm³/mol. The van der Waals surface area contributed by atoms with Gasteiger partial charge in [0.05, 0.1) is 17.4 Å². The average Bonchev–Trinajstić information content (AvgIpc) is 3.09. The van der Waals surface area contributed by atoms with Crippen molar-refractivity contribution >= 4 is 17.7 Å². The zero-order valence-electron chi connectivity index (χ0n) is 13.9. The molecule has 2 aromatic carbocycles. The van der Waals surface area contributed by atoms with Crippen LogP contribution in [0.3, 0.4) is 0 Å². The lowest BCUT2D eigenvalue weighted by molar-refractivity contribution is -0.119. The van der Waals surface area contributed by atoms with E-state index in [2.05, 4.69) is 10.4 Å². The topological polar surface area (TPSA) is 97.0 Å². The van der Waals surface area contributed by atoms with Gasteiger partial charge in [0.25, 0.3) is 5.91 Å². The van der Waals surface area contributed by atoms with Crippen LogP contribution in [0.5, 0.6) is 0 Å². The van der Waals surface area contributed by atoms with E-state index in [-0.39, 0.29) is 16.9 Å². The summed E-state index contributed by atoms with van der Waals surface area (Å²) in [6.45, 7) is -0.597. The van der Waals surface area contributed by atoms with E-state index in [9.17, 15) is 19.2 Å². The van der Waals surface area contributed by atoms with Crippen molar-refractivity contribution in [2.45, 2.75) is 0 Å². The lowest BCUT2D eigenvalue weighted by Crippen LogP contribution is -2.23. The lowest BCUT2D eigenvalue weighted by Gasteiger charge is -2.10. The van der Waals surface area contributed by atoms with Crippen LogP contribution in [0.15, 0.2) is 60.8 Å². The molecule has 0 aliphatic heterocycles. The van der Waals surface area contributed by atoms with E-state index in [0.717, 1.165) is 6.07 Å². The summed E-state index contributed by atoms with van der Waals surface area (Å²) in [4.78, 5) is 24.0. The minimum atomic E-state index is -0.832. The fraction of sp³-hybridized carbons (Fsp3) is 0.0526. The molecule has 1 N–H and O–H groups in total. The number of anilines is 1. The van der Waals surface area contributed by atoms with Gasteiger partial charge in [0.2, 0.25) is 0 Å². The minimum absolute atomic E-state index is 0.00478. The summed E-state index contributed by atoms with van der Waals surface area (Å²) >= 11 is 0. The van der Waals surface area contributed by atoms with Crippen LogP contribution in [0.25, 0.3) is 5.69 Å². The van der Waals surface area contributed by atoms with Crippen LogP contribution in [0.2, 0.25) is 0 Å². The van der Waals surface area contributed by atoms with Crippen molar-refractivity contribution in [1.82, 2.24) is 9.78 Å². The smallest absolute Gasteiger partial charge is 0.338 e. The van der Waals surface area contributed by atoms with Gasteiger partial charge in [-0.05, 0) is 30.3 Å². The molecule has 7 nitrogen and oxygen atoms in total. The molecule has 8 heteroatoms. The SMILES string of the molecule is N#Cc1cnn(-c2ccccc2)c1NC(=O)COC(=O)c1cccc(F)c1. The molecule has 0 atom stereocenters. The molecule has 3 rings (SSSR count). The summed E-state index contributed by atoms with van der Waals surface area (Å²) in [5, 5.41) is 15.8. The Morgan fingerprint density at radius 3 is 2.67 bits per heavy atom. The molecule has 0 saturated carbocycles. The number of nitrogens with zero attached hydrogens (tertiary/aromatic N) is 3. The average molecular weight is 364 g/mol. The van der Waals surface area contributed by atoms with E-state index in [0.29, 0.717) is 5.69 Å². The van der Waals surface area contributed by atoms with E-state index in [4.69, 9.17) is 4.74 Å². The number of para-hydroxylation sites is 1. The first-order valence-corrected chi connectivity index (χ1v) is 7.84. The number of carbonyl (C=O) groups excluding carboxylic acids is 2. The maximum atomic E-state index is 13.1. The first kappa shape index (κ1) is 17.8. The van der Waals surface area contributed by atoms with Crippen molar-refractivity contribution in [1.29, 1.82) is 5.26 Å². The third-order valence-corrected chi connectivity index (χ3v) is 3.54. The molecule has 134 valence electrons. The van der Waals surface area contributed by atoms with Crippen molar-refractivity contribution in [2.75, 3.05) is 11.9 Å². The van der Waals surface area contributed by atoms with E-state index in [1.807, 2.05) is 12.1 Å². The maximum Gasteiger partial charge on any atom is 0.338 e. The number of halogens is 1. The van der Waals surface area contributed by atoms with Crippen LogP contribution in [0.4, 0.5) is 10.2 Å². The number of benzene rings is 2. The number of hydrogen-bond acceptors (Lipinski definition) is 5. The maximum absolute atomic E-state index is 13.1. The molecule has 0 fully saturated rings. The van der Waals surface area contributed by atoms with Crippen molar-refractivity contribution < 1.29 is 18.7 Å². The molecule has 1 heterocycles. The fourth-order valence-electron chi connectivity index (χ4n) is 2.31. The van der Waals surface area contributed by atoms with Crippen LogP contribution in [0, 0.1) is 17.1 Å². The molecule has 0 unspecified atom stereocenters. The van der Waals surface area contributed by atoms with Gasteiger partial charge in [0.15, 0.2) is 12.4 Å². The highest BCUT2D eigenvalue weighted by molar-refractivity contribution is 5.95. The highest BCUT2D eigenvalue weighted by Crippen LogP contribution is 2.19. The molecule has 1 amide bonds. The van der Waals surface area contributed by atoms with Crippen LogP contribution in [-0.2, 0) is 9.53 Å². The van der Waals surface area contributed by atoms with Gasteiger partial charge in [-0.25, -0.2) is 13.9 Å². The zero-order chi connectivity index (χ0) is 19.2. The second kappa shape index (κ2) is 7.93. The number of ether oxygens (including phenoxy) is 1. The molecule has 0 radical (unpaired) electrons. The first-order valence-electron chi connectivity index (χ1n) is 7.84. The standard InChI is InChI=1S/C19H13FN4O3/c20-15-6-4-5-13(9-15)19(26)27-12-17(25)23-18-14(10-21)11-22-24(18)16-7-2-1-3-8-16/h1-9,11H,12H2,(H,23,25). The number of hydrogen-bond donors (Lipinski definition) is 1. The summed E-state index contributed by atoms with van der Waals surface area (Å²) in [7, 11) is 0. The van der Waals surface area contributed by atoms with Gasteiger partial charge in [-0.15, -0.1) is 0 Å². The van der Waals surface area contributed by atoms with Crippen molar-refractivity contribution in [3.63, 3.8) is 0 Å². The second-order valence-corrected chi connectivity index (χ2v) is 5.40. The molecular weight excluding hydrogens is 351 g/mol. The van der Waals surface area contributed by atoms with E-state index in [1.165, 1.54) is 29.1 Å². The second-order valence-electron chi connectivity index (χ2n) is 5.40. The van der Waals surface area contributed by atoms with Gasteiger partial charge >= 0.3 is 5.97 Å². The Morgan fingerprint density at radius 1 is 1.19 bits per heavy atom. The lowest BCUT2D eigenvalue weighted by atomic mass is 10.2. The van der Waals surface area contributed by atoms with Gasteiger partial charge in [-0.3, -0.25) is 4.79 Å². The fourth-order valence-corrected chi connectivity index (χ4v) is 2.31. The van der Waals surface area contributed by atoms with Gasteiger partial charge in [0.1, 0.15) is 17.4 Å². The zero-order valence-corrected chi connectivity index (χ0v) is 13.9. The Kier molecular flexibility index (Phi) is 5.23. The van der Waals surface area contributed by atoms with Gasteiger partial charge in [-0.2, -0.15) is 10.4 Å². The summed E-state index contributed by atoms with van der Waals surface area (Å²) in [5.41, 5.74) is 0.796. The molecule has 27 heavy (non-hydrogen) atoms. The van der Waals surface area contributed by atoms with Gasteiger partial charge in [0, 0.05) is 0 Å². The number of nitrogens with one attached hydrogen (secondary N) is 1. The Labute approximate surface area is 153 Å². The van der Waals surface area contributed by atoms with Crippen LogP contribution < -0.4 is 5.32 Å². The molecular formula is C19H13FN4O3. The molecule has 0 aliphatic rings. The quantitative estimate of drug-likeness (QED) is 0.702. The van der Waals surface area contributed by atoms with E-state index < -0.39 is 24.3 Å². The van der Waals surface area contributed by atoms with E-state index in [1.54, 1.807) is 24.3 Å². The number of rotatable bonds is 5. The molecule has 3 aromatic rings. The van der Waals surface area contributed by atoms with Gasteiger partial charge in [-0.1, -0.05) is 24.3 Å². The van der Waals surface area contributed by atoms with E-state index >= 15 is 0 Å². The Bertz CT molecular complexity index is 1020. The van der Waals surface area contributed by atoms with Crippen molar-refractivity contribution in [2.24, 2.45) is 0 Å². The van der Waals surface area contributed by atoms with Crippen molar-refractivity contribution in [3.05, 3.63) is 77.7 Å². The highest BCUT2D eigenvalue weighted by atomic mass is 19.1. The van der Waals surface area contributed by atoms with Crippen LogP contribution in [-0.4, -0.2) is 28.3 Å². The Hall–Kier alpha value is -3.99. The number of esters is 1. The van der Waals surface area contributed by atoms with Crippen LogP contribution >= 0.6 is 0 Å². The van der Waals surface area contributed by atoms with Crippen LogP contribution in [0.1, 0.15) is 15.9 Å². The minimum Gasteiger partial charge on any atom is -0.452 e. The summed E-state index contributed by atoms with van der Waals surface area (Å²) in [6, 6.07) is 15.8. The monoisotopic (exact) mass is 364 g/mol. The Morgan fingerprint density at radius 2 is 1.96 bits per heavy atom. The molecule has 0 saturated heterocycles. The first-order chi connectivity index (χ1) is 13.1. The number of carbonyl (C=O) groups is 2. The molecule has 0 aliphatic carbocycles. The Balaban J connectivity index is 1.70. The predicted octanol–water partition coefficient (Wildman–Crippen LogP) is 2.68. The molecule has 1 aromatic heterocycles. The number of aromatic nitrogens is 2. The van der Waals surface area contributed by atoms with Crippen molar-refractivity contribution in [3.8, 4) is 11.8 Å². The molecule has 0 spiro atoms.